The molecule has 111 valence electrons. The maximum atomic E-state index is 3.48. The fourth-order valence-corrected chi connectivity index (χ4v) is 3.56. The molecule has 0 nitrogen and oxygen atoms in total. The molecule has 0 atom stereocenters. The summed E-state index contributed by atoms with van der Waals surface area (Å²) in [6.07, 6.45) is 0. The molecule has 1 radical (unpaired) electrons. The number of hydrogen-bond acceptors (Lipinski definition) is 0. The molecule has 0 saturated carbocycles. The number of hydrogen-bond donors (Lipinski definition) is 0. The predicted octanol–water partition coefficient (Wildman–Crippen LogP) is 6.61. The van der Waals surface area contributed by atoms with Crippen LogP contribution in [0.1, 0.15) is 0 Å². The lowest BCUT2D eigenvalue weighted by Gasteiger charge is -2.11. The molecule has 24 heavy (non-hydrogen) atoms. The van der Waals surface area contributed by atoms with Crippen LogP contribution in [-0.4, -0.2) is 0 Å². The van der Waals surface area contributed by atoms with Crippen molar-refractivity contribution in [3.63, 3.8) is 0 Å². The van der Waals surface area contributed by atoms with Crippen LogP contribution in [0.4, 0.5) is 0 Å². The fourth-order valence-electron chi connectivity index (χ4n) is 3.56. The van der Waals surface area contributed by atoms with E-state index >= 15 is 0 Å². The Bertz CT molecular complexity index is 1200. The van der Waals surface area contributed by atoms with Gasteiger partial charge < -0.3 is 0 Å². The van der Waals surface area contributed by atoms with Gasteiger partial charge in [-0.25, -0.2) is 0 Å². The molecule has 0 spiro atoms. The van der Waals surface area contributed by atoms with Crippen molar-refractivity contribution in [3.05, 3.63) is 97.1 Å². The second-order valence-corrected chi connectivity index (χ2v) is 6.17. The Labute approximate surface area is 141 Å². The van der Waals surface area contributed by atoms with Crippen LogP contribution in [0.2, 0.25) is 0 Å². The average Bonchev–Trinajstić information content (AvgIpc) is 2.67. The molecule has 0 saturated heterocycles. The molecular formula is C24H15. The van der Waals surface area contributed by atoms with Gasteiger partial charge in [0.25, 0.3) is 0 Å². The van der Waals surface area contributed by atoms with Gasteiger partial charge in [0.1, 0.15) is 0 Å². The lowest BCUT2D eigenvalue weighted by Crippen LogP contribution is -1.85. The zero-order valence-corrected chi connectivity index (χ0v) is 13.2. The van der Waals surface area contributed by atoms with Gasteiger partial charge in [0, 0.05) is 0 Å². The molecule has 0 aromatic heterocycles. The van der Waals surface area contributed by atoms with Crippen molar-refractivity contribution in [2.75, 3.05) is 0 Å². The lowest BCUT2D eigenvalue weighted by molar-refractivity contribution is 1.68. The molecule has 0 amide bonds. The number of benzene rings is 5. The predicted molar refractivity (Wildman–Crippen MR) is 103 cm³/mol. The van der Waals surface area contributed by atoms with Gasteiger partial charge >= 0.3 is 0 Å². The van der Waals surface area contributed by atoms with E-state index in [9.17, 15) is 0 Å². The molecule has 5 rings (SSSR count). The van der Waals surface area contributed by atoms with Crippen molar-refractivity contribution in [1.29, 1.82) is 0 Å². The van der Waals surface area contributed by atoms with Crippen molar-refractivity contribution in [3.8, 4) is 11.1 Å². The van der Waals surface area contributed by atoms with Crippen molar-refractivity contribution < 1.29 is 0 Å². The van der Waals surface area contributed by atoms with Gasteiger partial charge in [0.2, 0.25) is 0 Å². The van der Waals surface area contributed by atoms with Crippen molar-refractivity contribution in [2.45, 2.75) is 0 Å². The summed E-state index contributed by atoms with van der Waals surface area (Å²) in [7, 11) is 0. The van der Waals surface area contributed by atoms with E-state index in [-0.39, 0.29) is 0 Å². The molecule has 0 aliphatic heterocycles. The molecule has 0 unspecified atom stereocenters. The van der Waals surface area contributed by atoms with E-state index in [0.717, 1.165) is 5.56 Å². The Balaban J connectivity index is 1.89. The molecule has 5 aromatic rings. The van der Waals surface area contributed by atoms with Crippen LogP contribution in [-0.2, 0) is 0 Å². The quantitative estimate of drug-likeness (QED) is 0.305. The number of fused-ring (bicyclic) bond motifs is 4. The Morgan fingerprint density at radius 3 is 1.96 bits per heavy atom. The first-order valence-electron chi connectivity index (χ1n) is 8.21. The summed E-state index contributed by atoms with van der Waals surface area (Å²) in [5, 5.41) is 7.63. The van der Waals surface area contributed by atoms with Crippen molar-refractivity contribution in [1.82, 2.24) is 0 Å². The van der Waals surface area contributed by atoms with Crippen LogP contribution < -0.4 is 0 Å². The van der Waals surface area contributed by atoms with Crippen LogP contribution in [0.5, 0.6) is 0 Å². The van der Waals surface area contributed by atoms with Gasteiger partial charge in [-0.15, -0.1) is 0 Å². The van der Waals surface area contributed by atoms with Crippen molar-refractivity contribution in [2.24, 2.45) is 0 Å². The standard InChI is InChI=1S/C24H15/c1-2-8-18-15-20(14-13-17(18)7-1)24-16-19-9-3-4-10-21(19)22-11-5-6-12-23(22)24/h1-13,15-16H. The molecule has 5 aromatic carbocycles. The zero-order valence-electron chi connectivity index (χ0n) is 13.2. The Morgan fingerprint density at radius 1 is 0.500 bits per heavy atom. The molecule has 0 bridgehead atoms. The monoisotopic (exact) mass is 303 g/mol. The van der Waals surface area contributed by atoms with E-state index in [0.29, 0.717) is 0 Å². The second kappa shape index (κ2) is 5.21. The normalized spacial score (nSPS) is 11.3. The minimum atomic E-state index is 1.15. The average molecular weight is 303 g/mol. The zero-order chi connectivity index (χ0) is 15.9. The lowest BCUT2D eigenvalue weighted by atomic mass is 9.92. The summed E-state index contributed by atoms with van der Waals surface area (Å²) < 4.78 is 0. The van der Waals surface area contributed by atoms with Crippen LogP contribution >= 0.6 is 0 Å². The number of rotatable bonds is 1. The van der Waals surface area contributed by atoms with E-state index in [2.05, 4.69) is 97.1 Å². The van der Waals surface area contributed by atoms with Gasteiger partial charge in [-0.05, 0) is 67.7 Å². The minimum Gasteiger partial charge on any atom is -0.0616 e. The first-order chi connectivity index (χ1) is 11.9. The molecule has 0 fully saturated rings. The highest BCUT2D eigenvalue weighted by Crippen LogP contribution is 2.35. The fraction of sp³-hybridized carbons (Fsp3) is 0. The highest BCUT2D eigenvalue weighted by molar-refractivity contribution is 6.14. The molecular weight excluding hydrogens is 288 g/mol. The van der Waals surface area contributed by atoms with Gasteiger partial charge in [0.15, 0.2) is 0 Å². The van der Waals surface area contributed by atoms with E-state index in [1.165, 1.54) is 37.9 Å². The maximum absolute atomic E-state index is 3.48. The second-order valence-electron chi connectivity index (χ2n) is 6.17. The smallest absolute Gasteiger partial charge is 0.00923 e. The summed E-state index contributed by atoms with van der Waals surface area (Å²) in [4.78, 5) is 0. The third kappa shape index (κ3) is 2.00. The third-order valence-corrected chi connectivity index (χ3v) is 4.74. The summed E-state index contributed by atoms with van der Waals surface area (Å²) in [5.74, 6) is 0. The van der Waals surface area contributed by atoms with E-state index in [1.807, 2.05) is 0 Å². The van der Waals surface area contributed by atoms with Crippen LogP contribution in [0.15, 0.2) is 91.0 Å². The molecule has 0 heteroatoms. The summed E-state index contributed by atoms with van der Waals surface area (Å²) in [6.45, 7) is 0. The van der Waals surface area contributed by atoms with Gasteiger partial charge in [0.05, 0.1) is 0 Å². The highest BCUT2D eigenvalue weighted by Gasteiger charge is 2.08. The first-order valence-corrected chi connectivity index (χ1v) is 8.21. The summed E-state index contributed by atoms with van der Waals surface area (Å²) in [6, 6.07) is 35.8. The third-order valence-electron chi connectivity index (χ3n) is 4.74. The van der Waals surface area contributed by atoms with E-state index in [4.69, 9.17) is 0 Å². The SMILES string of the molecule is [c]1cc2ccccc2cc1-c1cc2ccccc2c2ccccc12. The molecule has 0 N–H and O–H groups in total. The van der Waals surface area contributed by atoms with Crippen LogP contribution in [0, 0.1) is 6.07 Å². The topological polar surface area (TPSA) is 0 Å². The van der Waals surface area contributed by atoms with Crippen LogP contribution in [0.3, 0.4) is 0 Å². The van der Waals surface area contributed by atoms with Gasteiger partial charge in [-0.1, -0.05) is 72.8 Å². The Kier molecular flexibility index (Phi) is 2.89. The summed E-state index contributed by atoms with van der Waals surface area (Å²) >= 11 is 0. The highest BCUT2D eigenvalue weighted by atomic mass is 14.1. The van der Waals surface area contributed by atoms with Crippen LogP contribution in [0.25, 0.3) is 43.4 Å². The van der Waals surface area contributed by atoms with E-state index in [1.54, 1.807) is 0 Å². The molecule has 0 aliphatic rings. The van der Waals surface area contributed by atoms with Gasteiger partial charge in [-0.2, -0.15) is 0 Å². The Morgan fingerprint density at radius 2 is 1.12 bits per heavy atom. The largest absolute Gasteiger partial charge is 0.0616 e. The Hall–Kier alpha value is -3.12. The molecule has 0 aliphatic carbocycles. The summed E-state index contributed by atoms with van der Waals surface area (Å²) in [5.41, 5.74) is 2.39. The van der Waals surface area contributed by atoms with Gasteiger partial charge in [-0.3, -0.25) is 0 Å². The molecule has 0 heterocycles. The minimum absolute atomic E-state index is 1.15. The maximum Gasteiger partial charge on any atom is -0.00923 e. The van der Waals surface area contributed by atoms with Crippen molar-refractivity contribution >= 4 is 32.3 Å². The van der Waals surface area contributed by atoms with E-state index < -0.39 is 0 Å². The first kappa shape index (κ1) is 13.3.